The molecular weight excluding hydrogens is 328 g/mol. The summed E-state index contributed by atoms with van der Waals surface area (Å²) in [4.78, 5) is 26.9. The van der Waals surface area contributed by atoms with Crippen LogP contribution in [0.1, 0.15) is 23.1 Å². The van der Waals surface area contributed by atoms with Gasteiger partial charge < -0.3 is 15.0 Å². The summed E-state index contributed by atoms with van der Waals surface area (Å²) in [7, 11) is 1.58. The number of ether oxygens (including phenoxy) is 1. The number of rotatable bonds is 4. The zero-order chi connectivity index (χ0) is 18.8. The van der Waals surface area contributed by atoms with E-state index < -0.39 is 0 Å². The van der Waals surface area contributed by atoms with E-state index in [1.165, 1.54) is 0 Å². The fourth-order valence-corrected chi connectivity index (χ4v) is 3.57. The molecule has 1 saturated heterocycles. The number of anilines is 2. The van der Waals surface area contributed by atoms with Crippen LogP contribution in [0.2, 0.25) is 0 Å². The molecule has 1 aliphatic heterocycles. The van der Waals surface area contributed by atoms with Crippen molar-refractivity contribution in [1.82, 2.24) is 0 Å². The maximum Gasteiger partial charge on any atom is 0.229 e. The van der Waals surface area contributed by atoms with Gasteiger partial charge in [-0.25, -0.2) is 0 Å². The van der Waals surface area contributed by atoms with Crippen molar-refractivity contribution in [2.24, 2.45) is 5.92 Å². The Kier molecular flexibility index (Phi) is 4.98. The molecule has 0 saturated carbocycles. The molecule has 1 fully saturated rings. The van der Waals surface area contributed by atoms with Gasteiger partial charge >= 0.3 is 0 Å². The predicted octanol–water partition coefficient (Wildman–Crippen LogP) is 3.61. The van der Waals surface area contributed by atoms with E-state index in [9.17, 15) is 9.59 Å². The first-order valence-electron chi connectivity index (χ1n) is 8.72. The minimum atomic E-state index is -0.382. The Balaban J connectivity index is 1.78. The largest absolute Gasteiger partial charge is 0.495 e. The first kappa shape index (κ1) is 18.0. The van der Waals surface area contributed by atoms with Crippen LogP contribution < -0.4 is 15.0 Å². The molecule has 3 rings (SSSR count). The van der Waals surface area contributed by atoms with Gasteiger partial charge in [-0.3, -0.25) is 9.59 Å². The van der Waals surface area contributed by atoms with Gasteiger partial charge in [0.15, 0.2) is 0 Å². The van der Waals surface area contributed by atoms with E-state index in [-0.39, 0.29) is 24.2 Å². The molecule has 26 heavy (non-hydrogen) atoms. The summed E-state index contributed by atoms with van der Waals surface area (Å²) < 4.78 is 5.35. The van der Waals surface area contributed by atoms with Crippen molar-refractivity contribution in [2.45, 2.75) is 27.2 Å². The number of amides is 2. The van der Waals surface area contributed by atoms with Gasteiger partial charge in [-0.05, 0) is 44.0 Å². The van der Waals surface area contributed by atoms with E-state index in [0.717, 1.165) is 22.4 Å². The van der Waals surface area contributed by atoms with Crippen LogP contribution in [-0.2, 0) is 9.59 Å². The van der Waals surface area contributed by atoms with E-state index in [0.29, 0.717) is 18.0 Å². The highest BCUT2D eigenvalue weighted by Gasteiger charge is 2.36. The second-order valence-electron chi connectivity index (χ2n) is 6.84. The Labute approximate surface area is 154 Å². The summed E-state index contributed by atoms with van der Waals surface area (Å²) in [5.74, 6) is 0.0671. The van der Waals surface area contributed by atoms with Gasteiger partial charge in [0.1, 0.15) is 5.75 Å². The van der Waals surface area contributed by atoms with E-state index in [1.54, 1.807) is 12.0 Å². The third-order valence-corrected chi connectivity index (χ3v) is 4.80. The first-order chi connectivity index (χ1) is 12.4. The molecule has 136 valence electrons. The van der Waals surface area contributed by atoms with Gasteiger partial charge in [0.05, 0.1) is 18.7 Å². The van der Waals surface area contributed by atoms with Gasteiger partial charge in [0.2, 0.25) is 11.8 Å². The topological polar surface area (TPSA) is 58.6 Å². The fourth-order valence-electron chi connectivity index (χ4n) is 3.57. The average Bonchev–Trinajstić information content (AvgIpc) is 2.99. The molecule has 1 aliphatic rings. The lowest BCUT2D eigenvalue weighted by molar-refractivity contribution is -0.122. The molecule has 0 radical (unpaired) electrons. The van der Waals surface area contributed by atoms with Crippen molar-refractivity contribution < 1.29 is 14.3 Å². The van der Waals surface area contributed by atoms with Crippen molar-refractivity contribution in [3.05, 3.63) is 53.1 Å². The minimum absolute atomic E-state index is 0.0630. The Bertz CT molecular complexity index is 837. The highest BCUT2D eigenvalue weighted by molar-refractivity contribution is 6.04. The molecule has 0 bridgehead atoms. The summed E-state index contributed by atoms with van der Waals surface area (Å²) in [6.45, 7) is 6.36. The lowest BCUT2D eigenvalue weighted by Gasteiger charge is -2.20. The molecule has 0 spiro atoms. The molecule has 2 aromatic carbocycles. The van der Waals surface area contributed by atoms with Crippen LogP contribution in [0.5, 0.6) is 5.75 Å². The Morgan fingerprint density at radius 3 is 2.46 bits per heavy atom. The Morgan fingerprint density at radius 1 is 1.15 bits per heavy atom. The number of para-hydroxylation sites is 2. The lowest BCUT2D eigenvalue weighted by Crippen LogP contribution is -2.28. The van der Waals surface area contributed by atoms with Gasteiger partial charge in [-0.1, -0.05) is 29.8 Å². The number of nitrogens with zero attached hydrogens (tertiary/aromatic N) is 1. The van der Waals surface area contributed by atoms with Crippen molar-refractivity contribution in [3.8, 4) is 5.75 Å². The van der Waals surface area contributed by atoms with Crippen LogP contribution in [-0.4, -0.2) is 25.5 Å². The van der Waals surface area contributed by atoms with Gasteiger partial charge in [-0.15, -0.1) is 0 Å². The molecule has 0 aliphatic carbocycles. The number of nitrogens with one attached hydrogen (secondary N) is 1. The van der Waals surface area contributed by atoms with Crippen molar-refractivity contribution in [3.63, 3.8) is 0 Å². The van der Waals surface area contributed by atoms with Crippen molar-refractivity contribution in [1.29, 1.82) is 0 Å². The van der Waals surface area contributed by atoms with Crippen molar-refractivity contribution >= 4 is 23.2 Å². The summed E-state index contributed by atoms with van der Waals surface area (Å²) in [6, 6.07) is 11.5. The standard InChI is InChI=1S/C21H24N2O3/c1-13-9-14(2)20(15(3)10-13)22-21(25)16-11-19(24)23(12-16)17-7-5-6-8-18(17)26-4/h5-10,16H,11-12H2,1-4H3,(H,22,25)/t16-/m1/s1. The van der Waals surface area contributed by atoms with E-state index in [4.69, 9.17) is 4.74 Å². The van der Waals surface area contributed by atoms with Gasteiger partial charge in [0.25, 0.3) is 0 Å². The third kappa shape index (κ3) is 3.43. The second-order valence-corrected chi connectivity index (χ2v) is 6.84. The molecule has 0 unspecified atom stereocenters. The highest BCUT2D eigenvalue weighted by atomic mass is 16.5. The number of carbonyl (C=O) groups is 2. The van der Waals surface area contributed by atoms with Crippen LogP contribution in [0.25, 0.3) is 0 Å². The van der Waals surface area contributed by atoms with Crippen LogP contribution in [0.4, 0.5) is 11.4 Å². The fraction of sp³-hybridized carbons (Fsp3) is 0.333. The van der Waals surface area contributed by atoms with Crippen LogP contribution in [0.15, 0.2) is 36.4 Å². The molecule has 1 N–H and O–H groups in total. The Hall–Kier alpha value is -2.82. The smallest absolute Gasteiger partial charge is 0.229 e. The number of benzene rings is 2. The molecule has 1 atom stereocenters. The molecule has 5 nitrogen and oxygen atoms in total. The minimum Gasteiger partial charge on any atom is -0.495 e. The lowest BCUT2D eigenvalue weighted by atomic mass is 10.0. The summed E-state index contributed by atoms with van der Waals surface area (Å²) in [5, 5.41) is 3.02. The van der Waals surface area contributed by atoms with Gasteiger partial charge in [-0.2, -0.15) is 0 Å². The predicted molar refractivity (Wildman–Crippen MR) is 103 cm³/mol. The SMILES string of the molecule is COc1ccccc1N1C[C@H](C(=O)Nc2c(C)cc(C)cc2C)CC1=O. The van der Waals surface area contributed by atoms with Crippen LogP contribution >= 0.6 is 0 Å². The van der Waals surface area contributed by atoms with Crippen LogP contribution in [0.3, 0.4) is 0 Å². The third-order valence-electron chi connectivity index (χ3n) is 4.80. The van der Waals surface area contributed by atoms with E-state index in [1.807, 2.05) is 57.2 Å². The quantitative estimate of drug-likeness (QED) is 0.914. The number of hydrogen-bond acceptors (Lipinski definition) is 3. The second kappa shape index (κ2) is 7.20. The van der Waals surface area contributed by atoms with Gasteiger partial charge in [0, 0.05) is 18.7 Å². The molecule has 0 aromatic heterocycles. The normalized spacial score (nSPS) is 16.7. The maximum atomic E-state index is 12.8. The highest BCUT2D eigenvalue weighted by Crippen LogP contribution is 2.33. The molecular formula is C21H24N2O3. The molecule has 2 amide bonds. The summed E-state index contributed by atoms with van der Waals surface area (Å²) >= 11 is 0. The Morgan fingerprint density at radius 2 is 1.81 bits per heavy atom. The molecule has 1 heterocycles. The number of hydrogen-bond donors (Lipinski definition) is 1. The molecule has 2 aromatic rings. The number of aryl methyl sites for hydroxylation is 3. The first-order valence-corrected chi connectivity index (χ1v) is 8.72. The maximum absolute atomic E-state index is 12.8. The summed E-state index contributed by atoms with van der Waals surface area (Å²) in [5.41, 5.74) is 4.77. The monoisotopic (exact) mass is 352 g/mol. The average molecular weight is 352 g/mol. The van der Waals surface area contributed by atoms with Crippen molar-refractivity contribution in [2.75, 3.05) is 23.9 Å². The van der Waals surface area contributed by atoms with E-state index in [2.05, 4.69) is 5.32 Å². The van der Waals surface area contributed by atoms with Crippen LogP contribution in [0, 0.1) is 26.7 Å². The molecule has 5 heteroatoms. The zero-order valence-electron chi connectivity index (χ0n) is 15.6. The number of carbonyl (C=O) groups excluding carboxylic acids is 2. The number of methoxy groups -OCH3 is 1. The zero-order valence-corrected chi connectivity index (χ0v) is 15.6. The summed E-state index contributed by atoms with van der Waals surface area (Å²) in [6.07, 6.45) is 0.202. The van der Waals surface area contributed by atoms with E-state index >= 15 is 0 Å².